The van der Waals surface area contributed by atoms with Crippen molar-refractivity contribution >= 4 is 17.9 Å². The summed E-state index contributed by atoms with van der Waals surface area (Å²) in [5.41, 5.74) is 0. The zero-order chi connectivity index (χ0) is 42.0. The summed E-state index contributed by atoms with van der Waals surface area (Å²) < 4.78 is 16.8. The van der Waals surface area contributed by atoms with E-state index < -0.39 is 6.10 Å². The van der Waals surface area contributed by atoms with Crippen molar-refractivity contribution in [1.82, 2.24) is 0 Å². The highest BCUT2D eigenvalue weighted by molar-refractivity contribution is 5.71. The summed E-state index contributed by atoms with van der Waals surface area (Å²) >= 11 is 0. The van der Waals surface area contributed by atoms with Gasteiger partial charge in [-0.3, -0.25) is 14.4 Å². The van der Waals surface area contributed by atoms with E-state index >= 15 is 0 Å². The summed E-state index contributed by atoms with van der Waals surface area (Å²) in [6, 6.07) is 0. The van der Waals surface area contributed by atoms with Gasteiger partial charge in [0.15, 0.2) is 6.10 Å². The topological polar surface area (TPSA) is 78.9 Å². The first-order chi connectivity index (χ1) is 27.6. The predicted octanol–water partition coefficient (Wildman–Crippen LogP) is 16.0. The molecule has 0 fully saturated rings. The Morgan fingerprint density at radius 1 is 0.298 bits per heavy atom. The first-order valence-electron chi connectivity index (χ1n) is 25.1. The van der Waals surface area contributed by atoms with Gasteiger partial charge in [-0.1, -0.05) is 234 Å². The van der Waals surface area contributed by atoms with E-state index in [1.165, 1.54) is 154 Å². The molecular weight excluding hydrogens is 709 g/mol. The lowest BCUT2D eigenvalue weighted by Gasteiger charge is -2.18. The smallest absolute Gasteiger partial charge is 0.306 e. The summed E-state index contributed by atoms with van der Waals surface area (Å²) in [4.78, 5) is 37.8. The van der Waals surface area contributed by atoms with Gasteiger partial charge in [0.05, 0.1) is 0 Å². The van der Waals surface area contributed by atoms with Gasteiger partial charge in [0.2, 0.25) is 0 Å². The molecule has 0 saturated carbocycles. The Kier molecular flexibility index (Phi) is 41.3. The second-order valence-electron chi connectivity index (χ2n) is 18.9. The first-order valence-corrected chi connectivity index (χ1v) is 25.1. The Morgan fingerprint density at radius 2 is 0.509 bits per heavy atom. The quantitative estimate of drug-likeness (QED) is 0.0347. The number of rotatable bonds is 44. The molecule has 338 valence electrons. The second kappa shape index (κ2) is 42.5. The maximum Gasteiger partial charge on any atom is 0.306 e. The molecular formula is C51H98O6. The first kappa shape index (κ1) is 55.4. The molecule has 0 aliphatic rings. The molecule has 0 radical (unpaired) electrons. The summed E-state index contributed by atoms with van der Waals surface area (Å²) in [5, 5.41) is 0. The summed E-state index contributed by atoms with van der Waals surface area (Å²) in [6.45, 7) is 13.6. The predicted molar refractivity (Wildman–Crippen MR) is 243 cm³/mol. The Labute approximate surface area is 355 Å². The molecule has 0 N–H and O–H groups in total. The molecule has 0 amide bonds. The number of carbonyl (C=O) groups is 3. The molecule has 0 aromatic heterocycles. The highest BCUT2D eigenvalue weighted by atomic mass is 16.6. The van der Waals surface area contributed by atoms with Crippen molar-refractivity contribution in [2.45, 2.75) is 279 Å². The number of esters is 3. The number of ether oxygens (including phenoxy) is 3. The normalized spacial score (nSPS) is 12.2. The van der Waals surface area contributed by atoms with Crippen LogP contribution in [0, 0.1) is 17.8 Å². The zero-order valence-corrected chi connectivity index (χ0v) is 39.1. The van der Waals surface area contributed by atoms with E-state index in [0.717, 1.165) is 75.5 Å². The fraction of sp³-hybridized carbons (Fsp3) is 0.941. The van der Waals surface area contributed by atoms with Gasteiger partial charge in [-0.2, -0.15) is 0 Å². The third-order valence-electron chi connectivity index (χ3n) is 11.4. The standard InChI is InChI=1S/C51H98O6/c1-45(2)37-31-25-19-15-11-9-7-8-10-12-18-22-30-36-42-51(54)57-48(44-56-50(53)41-35-29-24-23-27-33-39-47(5)6)43-55-49(52)40-34-28-21-17-14-13-16-20-26-32-38-46(3)4/h45-48H,7-44H2,1-6H3/t48-/m1/s1. The van der Waals surface area contributed by atoms with Gasteiger partial charge >= 0.3 is 17.9 Å². The number of unbranched alkanes of at least 4 members (excludes halogenated alkanes) is 27. The summed E-state index contributed by atoms with van der Waals surface area (Å²) in [7, 11) is 0. The minimum atomic E-state index is -0.762. The van der Waals surface area contributed by atoms with Crippen LogP contribution in [0.1, 0.15) is 273 Å². The minimum absolute atomic E-state index is 0.0658. The number of hydrogen-bond donors (Lipinski definition) is 0. The summed E-state index contributed by atoms with van der Waals surface area (Å²) in [6.07, 6.45) is 41.0. The average Bonchev–Trinajstić information content (AvgIpc) is 3.16. The Hall–Kier alpha value is -1.59. The van der Waals surface area contributed by atoms with Crippen molar-refractivity contribution in [3.05, 3.63) is 0 Å². The van der Waals surface area contributed by atoms with E-state index in [1.54, 1.807) is 0 Å². The van der Waals surface area contributed by atoms with Gasteiger partial charge < -0.3 is 14.2 Å². The van der Waals surface area contributed by atoms with Crippen molar-refractivity contribution < 1.29 is 28.6 Å². The molecule has 0 saturated heterocycles. The van der Waals surface area contributed by atoms with E-state index in [2.05, 4.69) is 41.5 Å². The maximum atomic E-state index is 12.8. The fourth-order valence-corrected chi connectivity index (χ4v) is 7.59. The van der Waals surface area contributed by atoms with Gasteiger partial charge in [0.1, 0.15) is 13.2 Å². The Bertz CT molecular complexity index is 883. The van der Waals surface area contributed by atoms with Crippen LogP contribution in [0.15, 0.2) is 0 Å². The van der Waals surface area contributed by atoms with Gasteiger partial charge in [-0.05, 0) is 37.0 Å². The van der Waals surface area contributed by atoms with E-state index in [9.17, 15) is 14.4 Å². The lowest BCUT2D eigenvalue weighted by Crippen LogP contribution is -2.30. The second-order valence-corrected chi connectivity index (χ2v) is 18.9. The van der Waals surface area contributed by atoms with Crippen molar-refractivity contribution in [3.8, 4) is 0 Å². The van der Waals surface area contributed by atoms with Crippen LogP contribution in [-0.4, -0.2) is 37.2 Å². The van der Waals surface area contributed by atoms with E-state index in [0.29, 0.717) is 19.3 Å². The Balaban J connectivity index is 4.28. The van der Waals surface area contributed by atoms with Crippen LogP contribution < -0.4 is 0 Å². The monoisotopic (exact) mass is 807 g/mol. The third-order valence-corrected chi connectivity index (χ3v) is 11.4. The van der Waals surface area contributed by atoms with Crippen molar-refractivity contribution in [1.29, 1.82) is 0 Å². The molecule has 0 bridgehead atoms. The largest absolute Gasteiger partial charge is 0.462 e. The van der Waals surface area contributed by atoms with Crippen LogP contribution in [0.3, 0.4) is 0 Å². The van der Waals surface area contributed by atoms with Crippen LogP contribution in [0.5, 0.6) is 0 Å². The molecule has 0 aliphatic carbocycles. The SMILES string of the molecule is CC(C)CCCCCCCCCCCCCCCCC(=O)O[C@H](COC(=O)CCCCCCCCCCCCC(C)C)COC(=O)CCCCCCCCC(C)C. The molecule has 57 heavy (non-hydrogen) atoms. The van der Waals surface area contributed by atoms with Crippen LogP contribution >= 0.6 is 0 Å². The van der Waals surface area contributed by atoms with Crippen LogP contribution in [0.2, 0.25) is 0 Å². The highest BCUT2D eigenvalue weighted by Gasteiger charge is 2.19. The van der Waals surface area contributed by atoms with Crippen molar-refractivity contribution in [3.63, 3.8) is 0 Å². The molecule has 0 aliphatic heterocycles. The van der Waals surface area contributed by atoms with Gasteiger partial charge in [-0.15, -0.1) is 0 Å². The molecule has 0 aromatic rings. The van der Waals surface area contributed by atoms with Gasteiger partial charge in [-0.25, -0.2) is 0 Å². The van der Waals surface area contributed by atoms with Crippen LogP contribution in [-0.2, 0) is 28.6 Å². The zero-order valence-electron chi connectivity index (χ0n) is 39.1. The molecule has 0 spiro atoms. The molecule has 6 heteroatoms. The van der Waals surface area contributed by atoms with Gasteiger partial charge in [0, 0.05) is 19.3 Å². The van der Waals surface area contributed by atoms with Crippen molar-refractivity contribution in [2.75, 3.05) is 13.2 Å². The van der Waals surface area contributed by atoms with Gasteiger partial charge in [0.25, 0.3) is 0 Å². The maximum absolute atomic E-state index is 12.8. The average molecular weight is 807 g/mol. The third kappa shape index (κ3) is 45.3. The highest BCUT2D eigenvalue weighted by Crippen LogP contribution is 2.17. The lowest BCUT2D eigenvalue weighted by atomic mass is 10.0. The molecule has 1 atom stereocenters. The summed E-state index contributed by atoms with van der Waals surface area (Å²) in [5.74, 6) is 1.57. The van der Waals surface area contributed by atoms with Crippen LogP contribution in [0.4, 0.5) is 0 Å². The number of hydrogen-bond acceptors (Lipinski definition) is 6. The lowest BCUT2D eigenvalue weighted by molar-refractivity contribution is -0.167. The molecule has 0 rings (SSSR count). The van der Waals surface area contributed by atoms with E-state index in [4.69, 9.17) is 14.2 Å². The number of carbonyl (C=O) groups excluding carboxylic acids is 3. The minimum Gasteiger partial charge on any atom is -0.462 e. The van der Waals surface area contributed by atoms with Crippen LogP contribution in [0.25, 0.3) is 0 Å². The van der Waals surface area contributed by atoms with Crippen molar-refractivity contribution in [2.24, 2.45) is 17.8 Å². The molecule has 0 aromatic carbocycles. The Morgan fingerprint density at radius 3 is 0.754 bits per heavy atom. The van der Waals surface area contributed by atoms with E-state index in [1.807, 2.05) is 0 Å². The molecule has 6 nitrogen and oxygen atoms in total. The fourth-order valence-electron chi connectivity index (χ4n) is 7.59. The molecule has 0 unspecified atom stereocenters. The van der Waals surface area contributed by atoms with E-state index in [-0.39, 0.29) is 31.1 Å². The molecule has 0 heterocycles.